The Morgan fingerprint density at radius 3 is 2.35 bits per heavy atom. The zero-order valence-corrected chi connectivity index (χ0v) is 14.5. The van der Waals surface area contributed by atoms with Crippen molar-refractivity contribution < 1.29 is 23.4 Å². The van der Waals surface area contributed by atoms with Crippen molar-refractivity contribution in [2.45, 2.75) is 13.5 Å². The van der Waals surface area contributed by atoms with E-state index in [1.165, 1.54) is 0 Å². The molecule has 3 aromatic rings. The SMILES string of the molecule is CCOC(=O)c1ccc(OCc2nnc(-c3ccc(OC)cc3)o2)cc1. The maximum Gasteiger partial charge on any atom is 0.338 e. The first-order valence-corrected chi connectivity index (χ1v) is 8.06. The van der Waals surface area contributed by atoms with Gasteiger partial charge in [0.1, 0.15) is 11.5 Å². The third-order valence-electron chi connectivity index (χ3n) is 3.53. The number of hydrogen-bond donors (Lipinski definition) is 0. The molecule has 0 aliphatic rings. The molecule has 0 N–H and O–H groups in total. The second-order valence-electron chi connectivity index (χ2n) is 5.26. The van der Waals surface area contributed by atoms with Crippen molar-refractivity contribution in [2.75, 3.05) is 13.7 Å². The first-order valence-electron chi connectivity index (χ1n) is 8.06. The highest BCUT2D eigenvalue weighted by Gasteiger charge is 2.10. The largest absolute Gasteiger partial charge is 0.497 e. The van der Waals surface area contributed by atoms with E-state index in [0.717, 1.165) is 11.3 Å². The normalized spacial score (nSPS) is 10.4. The van der Waals surface area contributed by atoms with Crippen LogP contribution in [0.25, 0.3) is 11.5 Å². The lowest BCUT2D eigenvalue weighted by molar-refractivity contribution is 0.0526. The van der Waals surface area contributed by atoms with Crippen LogP contribution in [0, 0.1) is 0 Å². The average Bonchev–Trinajstić information content (AvgIpc) is 3.16. The van der Waals surface area contributed by atoms with E-state index in [-0.39, 0.29) is 12.6 Å². The molecule has 0 fully saturated rings. The molecule has 0 saturated heterocycles. The molecule has 0 spiro atoms. The highest BCUT2D eigenvalue weighted by molar-refractivity contribution is 5.89. The molecule has 26 heavy (non-hydrogen) atoms. The fourth-order valence-corrected chi connectivity index (χ4v) is 2.21. The quantitative estimate of drug-likeness (QED) is 0.600. The van der Waals surface area contributed by atoms with Gasteiger partial charge in [0, 0.05) is 5.56 Å². The molecule has 1 heterocycles. The van der Waals surface area contributed by atoms with Crippen LogP contribution in [-0.2, 0) is 11.3 Å². The van der Waals surface area contributed by atoms with Crippen LogP contribution in [0.5, 0.6) is 11.5 Å². The fraction of sp³-hybridized carbons (Fsp3) is 0.211. The number of esters is 1. The second-order valence-corrected chi connectivity index (χ2v) is 5.26. The van der Waals surface area contributed by atoms with Crippen molar-refractivity contribution in [1.82, 2.24) is 10.2 Å². The summed E-state index contributed by atoms with van der Waals surface area (Å²) in [6, 6.07) is 14.0. The number of carbonyl (C=O) groups excluding carboxylic acids is 1. The summed E-state index contributed by atoms with van der Waals surface area (Å²) in [6.45, 7) is 2.23. The summed E-state index contributed by atoms with van der Waals surface area (Å²) in [5.74, 6) is 1.74. The predicted molar refractivity (Wildman–Crippen MR) is 93.0 cm³/mol. The van der Waals surface area contributed by atoms with E-state index in [4.69, 9.17) is 18.6 Å². The summed E-state index contributed by atoms with van der Waals surface area (Å²) in [7, 11) is 1.61. The Morgan fingerprint density at radius 2 is 1.69 bits per heavy atom. The van der Waals surface area contributed by atoms with Gasteiger partial charge in [0.05, 0.1) is 19.3 Å². The van der Waals surface area contributed by atoms with Crippen molar-refractivity contribution in [3.8, 4) is 23.0 Å². The van der Waals surface area contributed by atoms with Gasteiger partial charge in [0.2, 0.25) is 5.89 Å². The number of nitrogens with zero attached hydrogens (tertiary/aromatic N) is 2. The maximum absolute atomic E-state index is 11.6. The molecule has 0 bridgehead atoms. The molecule has 0 amide bonds. The van der Waals surface area contributed by atoms with E-state index < -0.39 is 0 Å². The van der Waals surface area contributed by atoms with E-state index in [9.17, 15) is 4.79 Å². The summed E-state index contributed by atoms with van der Waals surface area (Å²) in [5, 5.41) is 7.99. The fourth-order valence-electron chi connectivity index (χ4n) is 2.21. The van der Waals surface area contributed by atoms with Gasteiger partial charge < -0.3 is 18.6 Å². The van der Waals surface area contributed by atoms with Gasteiger partial charge >= 0.3 is 5.97 Å². The lowest BCUT2D eigenvalue weighted by Gasteiger charge is -2.05. The highest BCUT2D eigenvalue weighted by Crippen LogP contribution is 2.22. The summed E-state index contributed by atoms with van der Waals surface area (Å²) >= 11 is 0. The Hall–Kier alpha value is -3.35. The molecule has 0 saturated carbocycles. The summed E-state index contributed by atoms with van der Waals surface area (Å²) in [6.07, 6.45) is 0. The van der Waals surface area contributed by atoms with Gasteiger partial charge in [-0.1, -0.05) is 0 Å². The summed E-state index contributed by atoms with van der Waals surface area (Å²) in [4.78, 5) is 11.6. The predicted octanol–water partition coefficient (Wildman–Crippen LogP) is 3.50. The molecule has 134 valence electrons. The number of ether oxygens (including phenoxy) is 3. The molecule has 0 aliphatic carbocycles. The van der Waals surface area contributed by atoms with Gasteiger partial charge in [-0.2, -0.15) is 0 Å². The van der Waals surface area contributed by atoms with Gasteiger partial charge in [0.25, 0.3) is 5.89 Å². The van der Waals surface area contributed by atoms with Crippen molar-refractivity contribution in [2.24, 2.45) is 0 Å². The maximum atomic E-state index is 11.6. The topological polar surface area (TPSA) is 83.7 Å². The minimum Gasteiger partial charge on any atom is -0.497 e. The van der Waals surface area contributed by atoms with Gasteiger partial charge in [-0.3, -0.25) is 0 Å². The Bertz CT molecular complexity index is 856. The van der Waals surface area contributed by atoms with E-state index in [1.807, 2.05) is 24.3 Å². The Morgan fingerprint density at radius 1 is 1.00 bits per heavy atom. The minimum atomic E-state index is -0.361. The van der Waals surface area contributed by atoms with Gasteiger partial charge in [-0.15, -0.1) is 10.2 Å². The number of methoxy groups -OCH3 is 1. The molecule has 0 aliphatic heterocycles. The van der Waals surface area contributed by atoms with Gasteiger partial charge in [-0.25, -0.2) is 4.79 Å². The molecule has 0 atom stereocenters. The monoisotopic (exact) mass is 354 g/mol. The molecule has 2 aromatic carbocycles. The minimum absolute atomic E-state index is 0.127. The number of aromatic nitrogens is 2. The van der Waals surface area contributed by atoms with E-state index in [1.54, 1.807) is 38.3 Å². The zero-order chi connectivity index (χ0) is 18.4. The van der Waals surface area contributed by atoms with Crippen LogP contribution in [0.1, 0.15) is 23.2 Å². The lowest BCUT2D eigenvalue weighted by atomic mass is 10.2. The molecule has 0 unspecified atom stereocenters. The van der Waals surface area contributed by atoms with E-state index in [0.29, 0.717) is 29.7 Å². The van der Waals surface area contributed by atoms with Crippen LogP contribution in [-0.4, -0.2) is 29.9 Å². The summed E-state index contributed by atoms with van der Waals surface area (Å²) < 4.78 is 21.3. The average molecular weight is 354 g/mol. The van der Waals surface area contributed by atoms with Crippen LogP contribution >= 0.6 is 0 Å². The van der Waals surface area contributed by atoms with Crippen molar-refractivity contribution in [3.05, 3.63) is 60.0 Å². The Kier molecular flexibility index (Phi) is 5.48. The summed E-state index contributed by atoms with van der Waals surface area (Å²) in [5.41, 5.74) is 1.27. The van der Waals surface area contributed by atoms with Crippen molar-refractivity contribution in [3.63, 3.8) is 0 Å². The van der Waals surface area contributed by atoms with Crippen LogP contribution in [0.4, 0.5) is 0 Å². The zero-order valence-electron chi connectivity index (χ0n) is 14.5. The van der Waals surface area contributed by atoms with Crippen molar-refractivity contribution in [1.29, 1.82) is 0 Å². The van der Waals surface area contributed by atoms with Crippen LogP contribution in [0.3, 0.4) is 0 Å². The van der Waals surface area contributed by atoms with Gasteiger partial charge in [-0.05, 0) is 55.5 Å². The Balaban J connectivity index is 1.60. The highest BCUT2D eigenvalue weighted by atomic mass is 16.5. The van der Waals surface area contributed by atoms with Gasteiger partial charge in [0.15, 0.2) is 6.61 Å². The standard InChI is InChI=1S/C19H18N2O5/c1-3-24-19(22)14-6-10-16(11-7-14)25-12-17-20-21-18(26-17)13-4-8-15(23-2)9-5-13/h4-11H,3,12H2,1-2H3. The first-order chi connectivity index (χ1) is 12.7. The third-order valence-corrected chi connectivity index (χ3v) is 3.53. The number of hydrogen-bond acceptors (Lipinski definition) is 7. The molecular weight excluding hydrogens is 336 g/mol. The molecule has 7 heteroatoms. The number of carbonyl (C=O) groups is 1. The number of benzene rings is 2. The molecule has 3 rings (SSSR count). The number of rotatable bonds is 7. The molecular formula is C19H18N2O5. The molecule has 1 aromatic heterocycles. The second kappa shape index (κ2) is 8.15. The van der Waals surface area contributed by atoms with Crippen LogP contribution in [0.2, 0.25) is 0 Å². The van der Waals surface area contributed by atoms with Crippen LogP contribution < -0.4 is 9.47 Å². The molecule has 0 radical (unpaired) electrons. The smallest absolute Gasteiger partial charge is 0.338 e. The third kappa shape index (κ3) is 4.18. The van der Waals surface area contributed by atoms with Crippen LogP contribution in [0.15, 0.2) is 52.9 Å². The Labute approximate surface area is 150 Å². The first kappa shape index (κ1) is 17.5. The van der Waals surface area contributed by atoms with E-state index >= 15 is 0 Å². The molecule has 7 nitrogen and oxygen atoms in total. The van der Waals surface area contributed by atoms with E-state index in [2.05, 4.69) is 10.2 Å². The lowest BCUT2D eigenvalue weighted by Crippen LogP contribution is -2.04. The van der Waals surface area contributed by atoms with Crippen molar-refractivity contribution >= 4 is 5.97 Å².